The van der Waals surface area contributed by atoms with Crippen LogP contribution in [0.25, 0.3) is 0 Å². The Bertz CT molecular complexity index is 630. The van der Waals surface area contributed by atoms with Gasteiger partial charge in [-0.25, -0.2) is 0 Å². The lowest BCUT2D eigenvalue weighted by Crippen LogP contribution is -2.47. The van der Waals surface area contributed by atoms with Gasteiger partial charge in [-0.05, 0) is 55.0 Å². The number of allylic oxidation sites excluding steroid dienone is 1. The Morgan fingerprint density at radius 3 is 2.07 bits per heavy atom. The summed E-state index contributed by atoms with van der Waals surface area (Å²) in [6.45, 7) is 23.8. The molecule has 4 atom stereocenters. The molecule has 2 nitrogen and oxygen atoms in total. The van der Waals surface area contributed by atoms with E-state index >= 15 is 0 Å². The van der Waals surface area contributed by atoms with Crippen molar-refractivity contribution in [1.82, 2.24) is 0 Å². The Kier molecular flexibility index (Phi) is 6.60. The van der Waals surface area contributed by atoms with Crippen LogP contribution < -0.4 is 0 Å². The van der Waals surface area contributed by atoms with E-state index in [1.165, 1.54) is 12.8 Å². The van der Waals surface area contributed by atoms with E-state index in [4.69, 9.17) is 15.3 Å². The van der Waals surface area contributed by atoms with E-state index in [2.05, 4.69) is 85.8 Å². The third-order valence-electron chi connectivity index (χ3n) is 8.19. The molecule has 0 bridgehead atoms. The monoisotopic (exact) mass is 420 g/mol. The highest BCUT2D eigenvalue weighted by Gasteiger charge is 2.68. The minimum Gasteiger partial charge on any atom is -0.413 e. The number of hydrogen-bond donors (Lipinski definition) is 0. The zero-order chi connectivity index (χ0) is 21.6. The largest absolute Gasteiger partial charge is 0.413 e. The van der Waals surface area contributed by atoms with Gasteiger partial charge in [0.25, 0.3) is 0 Å². The summed E-state index contributed by atoms with van der Waals surface area (Å²) in [5, 5.41) is 0.462. The van der Waals surface area contributed by atoms with Gasteiger partial charge in [0.15, 0.2) is 16.6 Å². The van der Waals surface area contributed by atoms with E-state index < -0.39 is 16.6 Å². The molecule has 2 saturated carbocycles. The van der Waals surface area contributed by atoms with Gasteiger partial charge >= 0.3 is 0 Å². The van der Waals surface area contributed by atoms with Crippen molar-refractivity contribution in [2.45, 2.75) is 103 Å². The van der Waals surface area contributed by atoms with Crippen molar-refractivity contribution >= 4 is 16.6 Å². The maximum atomic E-state index is 6.87. The molecule has 0 amide bonds. The first-order chi connectivity index (χ1) is 12.6. The Hall–Kier alpha value is -0.346. The first-order valence-electron chi connectivity index (χ1n) is 11.1. The predicted molar refractivity (Wildman–Crippen MR) is 126 cm³/mol. The molecular weight excluding hydrogens is 376 g/mol. The predicted octanol–water partition coefficient (Wildman–Crippen LogP) is 7.00. The molecule has 0 unspecified atom stereocenters. The molecule has 0 saturated heterocycles. The van der Waals surface area contributed by atoms with Crippen molar-refractivity contribution in [1.29, 1.82) is 0 Å². The minimum atomic E-state index is -1.82. The van der Waals surface area contributed by atoms with Gasteiger partial charge in [0.1, 0.15) is 0 Å². The molecule has 0 N–H and O–H groups in total. The molecule has 2 rings (SSSR count). The van der Waals surface area contributed by atoms with Crippen LogP contribution in [0.4, 0.5) is 0 Å². The lowest BCUT2D eigenvalue weighted by molar-refractivity contribution is 0.0916. The zero-order valence-corrected chi connectivity index (χ0v) is 22.1. The van der Waals surface area contributed by atoms with E-state index in [1.54, 1.807) is 0 Å². The lowest BCUT2D eigenvalue weighted by Gasteiger charge is -2.42. The number of hydrogen-bond acceptors (Lipinski definition) is 2. The van der Waals surface area contributed by atoms with Crippen LogP contribution in [0.15, 0.2) is 12.2 Å². The average molecular weight is 421 g/mol. The first-order valence-corrected chi connectivity index (χ1v) is 16.9. The van der Waals surface area contributed by atoms with E-state index in [9.17, 15) is 0 Å². The second-order valence-electron chi connectivity index (χ2n) is 12.0. The topological polar surface area (TPSA) is 18.5 Å². The molecule has 0 radical (unpaired) electrons. The number of terminal acetylenes is 1. The summed E-state index contributed by atoms with van der Waals surface area (Å²) in [5.74, 6) is 4.27. The van der Waals surface area contributed by atoms with Gasteiger partial charge in [-0.2, -0.15) is 0 Å². The summed E-state index contributed by atoms with van der Waals surface area (Å²) >= 11 is 0. The van der Waals surface area contributed by atoms with Crippen LogP contribution in [0, 0.1) is 29.6 Å². The van der Waals surface area contributed by atoms with Crippen LogP contribution in [-0.2, 0) is 8.85 Å². The third kappa shape index (κ3) is 4.38. The third-order valence-corrected chi connectivity index (χ3v) is 17.2. The van der Waals surface area contributed by atoms with Gasteiger partial charge in [-0.3, -0.25) is 0 Å². The molecule has 28 heavy (non-hydrogen) atoms. The normalized spacial score (nSPS) is 31.5. The Morgan fingerprint density at radius 1 is 1.00 bits per heavy atom. The zero-order valence-electron chi connectivity index (χ0n) is 20.1. The Morgan fingerprint density at radius 2 is 1.57 bits per heavy atom. The highest BCUT2D eigenvalue weighted by molar-refractivity contribution is 6.74. The van der Waals surface area contributed by atoms with E-state index in [1.807, 2.05) is 0 Å². The summed E-state index contributed by atoms with van der Waals surface area (Å²) in [4.78, 5) is 0. The van der Waals surface area contributed by atoms with Gasteiger partial charge < -0.3 is 8.85 Å². The molecule has 0 spiro atoms. The van der Waals surface area contributed by atoms with Crippen molar-refractivity contribution in [3.63, 3.8) is 0 Å². The second-order valence-corrected chi connectivity index (χ2v) is 21.6. The molecule has 4 heteroatoms. The standard InChI is InChI=1S/C24H44O2Si2/c1-12-24-19(15-13-17-21(24)26-28(10,11)23(5,6)7)20(24)16-14-18-25-27(8,9)22(2,3)4/h1,14,16,19-21H,13,15,17-18H2,2-11H3/b16-14+/t19-,20-,21+,24-/m1/s1. The fourth-order valence-corrected chi connectivity index (χ4v) is 6.42. The van der Waals surface area contributed by atoms with Gasteiger partial charge in [0.05, 0.1) is 18.1 Å². The number of rotatable bonds is 6. The van der Waals surface area contributed by atoms with Crippen molar-refractivity contribution in [2.75, 3.05) is 6.61 Å². The fourth-order valence-electron chi connectivity index (χ4n) is 4.10. The van der Waals surface area contributed by atoms with E-state index in [-0.39, 0.29) is 21.6 Å². The molecule has 0 aromatic carbocycles. The summed E-state index contributed by atoms with van der Waals surface area (Å²) in [7, 11) is -3.52. The van der Waals surface area contributed by atoms with Crippen LogP contribution in [-0.4, -0.2) is 29.3 Å². The van der Waals surface area contributed by atoms with Gasteiger partial charge in [-0.15, -0.1) is 6.42 Å². The maximum Gasteiger partial charge on any atom is 0.192 e. The van der Waals surface area contributed by atoms with Crippen LogP contribution in [0.1, 0.15) is 60.8 Å². The van der Waals surface area contributed by atoms with Crippen molar-refractivity contribution in [3.05, 3.63) is 12.2 Å². The van der Waals surface area contributed by atoms with Crippen LogP contribution >= 0.6 is 0 Å². The highest BCUT2D eigenvalue weighted by atomic mass is 28.4. The number of fused-ring (bicyclic) bond motifs is 1. The summed E-state index contributed by atoms with van der Waals surface area (Å²) in [6.07, 6.45) is 14.5. The molecule has 160 valence electrons. The molecular formula is C24H44O2Si2. The molecule has 2 fully saturated rings. The van der Waals surface area contributed by atoms with Crippen LogP contribution in [0.3, 0.4) is 0 Å². The minimum absolute atomic E-state index is 0.0821. The molecule has 0 aromatic rings. The molecule has 0 aliphatic heterocycles. The van der Waals surface area contributed by atoms with Crippen molar-refractivity contribution in [2.24, 2.45) is 17.3 Å². The highest BCUT2D eigenvalue weighted by Crippen LogP contribution is 2.68. The fraction of sp³-hybridized carbons (Fsp3) is 0.833. The summed E-state index contributed by atoms with van der Waals surface area (Å²) in [5.41, 5.74) is -0.0821. The van der Waals surface area contributed by atoms with Crippen LogP contribution in [0.5, 0.6) is 0 Å². The smallest absolute Gasteiger partial charge is 0.192 e. The lowest BCUT2D eigenvalue weighted by atomic mass is 9.86. The SMILES string of the molecule is C#C[C@@]12[C@@H](O[Si](C)(C)C(C)(C)C)CCC[C@@H]1[C@H]2/C=C/CO[Si](C)(C)C(C)(C)C. The molecule has 0 aromatic heterocycles. The second kappa shape index (κ2) is 7.72. The first kappa shape index (κ1) is 23.9. The maximum absolute atomic E-state index is 6.87. The molecule has 0 heterocycles. The Labute approximate surface area is 177 Å². The van der Waals surface area contributed by atoms with Gasteiger partial charge in [-0.1, -0.05) is 66.0 Å². The summed E-state index contributed by atoms with van der Waals surface area (Å²) < 4.78 is 13.2. The van der Waals surface area contributed by atoms with Crippen molar-refractivity contribution < 1.29 is 8.85 Å². The van der Waals surface area contributed by atoms with E-state index in [0.29, 0.717) is 18.4 Å². The Balaban J connectivity index is 2.07. The summed E-state index contributed by atoms with van der Waals surface area (Å²) in [6, 6.07) is 0. The van der Waals surface area contributed by atoms with Crippen molar-refractivity contribution in [3.8, 4) is 12.3 Å². The molecule has 2 aliphatic rings. The van der Waals surface area contributed by atoms with Gasteiger partial charge in [0, 0.05) is 5.92 Å². The van der Waals surface area contributed by atoms with Gasteiger partial charge in [0.2, 0.25) is 0 Å². The quantitative estimate of drug-likeness (QED) is 0.261. The van der Waals surface area contributed by atoms with Crippen LogP contribution in [0.2, 0.25) is 36.3 Å². The average Bonchev–Trinajstić information content (AvgIpc) is 3.18. The van der Waals surface area contributed by atoms with E-state index in [0.717, 1.165) is 6.42 Å². The molecule has 2 aliphatic carbocycles.